The second kappa shape index (κ2) is 4.31. The summed E-state index contributed by atoms with van der Waals surface area (Å²) in [5, 5.41) is 0.710. The summed E-state index contributed by atoms with van der Waals surface area (Å²) >= 11 is 5.99. The molecule has 0 fully saturated rings. The third kappa shape index (κ3) is 2.31. The molecule has 0 bridgehead atoms. The molecule has 2 aromatic heterocycles. The van der Waals surface area contributed by atoms with Crippen LogP contribution in [0.4, 0.5) is 0 Å². The van der Waals surface area contributed by atoms with E-state index in [0.717, 1.165) is 17.8 Å². The highest BCUT2D eigenvalue weighted by Crippen LogP contribution is 2.27. The molecular formula is C13H18ClN3. The Balaban J connectivity index is 2.70. The highest BCUT2D eigenvalue weighted by molar-refractivity contribution is 6.30. The average Bonchev–Trinajstić information content (AvgIpc) is 2.56. The minimum atomic E-state index is 0.0169. The Morgan fingerprint density at radius 3 is 2.71 bits per heavy atom. The molecule has 0 saturated carbocycles. The predicted molar refractivity (Wildman–Crippen MR) is 71.7 cm³/mol. The predicted octanol–water partition coefficient (Wildman–Crippen LogP) is 2.79. The van der Waals surface area contributed by atoms with Gasteiger partial charge in [-0.25, -0.2) is 4.98 Å². The van der Waals surface area contributed by atoms with Crippen molar-refractivity contribution in [2.45, 2.75) is 32.6 Å². The average molecular weight is 252 g/mol. The van der Waals surface area contributed by atoms with E-state index in [9.17, 15) is 0 Å². The molecule has 0 aliphatic carbocycles. The number of hydrogen-bond donors (Lipinski definition) is 1. The second-order valence-corrected chi connectivity index (χ2v) is 5.71. The fourth-order valence-electron chi connectivity index (χ4n) is 2.05. The van der Waals surface area contributed by atoms with Gasteiger partial charge in [-0.1, -0.05) is 32.4 Å². The van der Waals surface area contributed by atoms with E-state index in [-0.39, 0.29) is 5.41 Å². The standard InChI is InChI=1S/C13H18ClN3/c1-13(2,3)12-10(4-6-15)17-7-5-9(14)8-11(17)16-12/h5,7-8H,4,6,15H2,1-3H3. The number of nitrogens with two attached hydrogens (primary N) is 1. The number of aromatic nitrogens is 2. The van der Waals surface area contributed by atoms with Crippen molar-refractivity contribution in [2.75, 3.05) is 6.54 Å². The molecule has 0 aliphatic rings. The van der Waals surface area contributed by atoms with Crippen LogP contribution in [-0.4, -0.2) is 15.9 Å². The fraction of sp³-hybridized carbons (Fsp3) is 0.462. The second-order valence-electron chi connectivity index (χ2n) is 5.27. The summed E-state index contributed by atoms with van der Waals surface area (Å²) in [4.78, 5) is 4.69. The first kappa shape index (κ1) is 12.4. The number of hydrogen-bond acceptors (Lipinski definition) is 2. The largest absolute Gasteiger partial charge is 0.330 e. The van der Waals surface area contributed by atoms with Crippen LogP contribution >= 0.6 is 11.6 Å². The van der Waals surface area contributed by atoms with Crippen LogP contribution < -0.4 is 5.73 Å². The molecule has 92 valence electrons. The molecule has 3 nitrogen and oxygen atoms in total. The van der Waals surface area contributed by atoms with Gasteiger partial charge in [0, 0.05) is 34.8 Å². The minimum Gasteiger partial charge on any atom is -0.330 e. The molecule has 0 saturated heterocycles. The topological polar surface area (TPSA) is 43.3 Å². The van der Waals surface area contributed by atoms with Gasteiger partial charge in [-0.2, -0.15) is 0 Å². The molecule has 2 rings (SSSR count). The van der Waals surface area contributed by atoms with Gasteiger partial charge in [-0.3, -0.25) is 0 Å². The van der Waals surface area contributed by atoms with Gasteiger partial charge in [-0.05, 0) is 12.6 Å². The van der Waals surface area contributed by atoms with Crippen LogP contribution in [0.2, 0.25) is 5.02 Å². The van der Waals surface area contributed by atoms with Crippen molar-refractivity contribution in [3.63, 3.8) is 0 Å². The smallest absolute Gasteiger partial charge is 0.138 e. The lowest BCUT2D eigenvalue weighted by molar-refractivity contribution is 0.563. The summed E-state index contributed by atoms with van der Waals surface area (Å²) in [6.45, 7) is 7.11. The van der Waals surface area contributed by atoms with Gasteiger partial charge < -0.3 is 10.1 Å². The first-order valence-corrected chi connectivity index (χ1v) is 6.18. The molecule has 2 N–H and O–H groups in total. The van der Waals surface area contributed by atoms with Crippen molar-refractivity contribution >= 4 is 17.2 Å². The summed E-state index contributed by atoms with van der Waals surface area (Å²) in [5.41, 5.74) is 8.89. The Morgan fingerprint density at radius 2 is 2.12 bits per heavy atom. The van der Waals surface area contributed by atoms with E-state index < -0.39 is 0 Å². The first-order chi connectivity index (χ1) is 7.93. The van der Waals surface area contributed by atoms with E-state index >= 15 is 0 Å². The summed E-state index contributed by atoms with van der Waals surface area (Å²) < 4.78 is 2.08. The van der Waals surface area contributed by atoms with E-state index in [0.29, 0.717) is 11.6 Å². The Labute approximate surface area is 107 Å². The molecule has 4 heteroatoms. The third-order valence-electron chi connectivity index (χ3n) is 2.78. The van der Waals surface area contributed by atoms with Crippen LogP contribution in [0.25, 0.3) is 5.65 Å². The summed E-state index contributed by atoms with van der Waals surface area (Å²) in [6.07, 6.45) is 2.79. The zero-order valence-electron chi connectivity index (χ0n) is 10.5. The highest BCUT2D eigenvalue weighted by atomic mass is 35.5. The monoisotopic (exact) mass is 251 g/mol. The van der Waals surface area contributed by atoms with Crippen LogP contribution in [-0.2, 0) is 11.8 Å². The fourth-order valence-corrected chi connectivity index (χ4v) is 2.20. The maximum absolute atomic E-state index is 5.99. The van der Waals surface area contributed by atoms with E-state index in [1.165, 1.54) is 5.69 Å². The normalized spacial score (nSPS) is 12.3. The summed E-state index contributed by atoms with van der Waals surface area (Å²) in [7, 11) is 0. The molecule has 0 atom stereocenters. The van der Waals surface area contributed by atoms with Crippen LogP contribution in [0.3, 0.4) is 0 Å². The van der Waals surface area contributed by atoms with Crippen LogP contribution in [0.15, 0.2) is 18.3 Å². The zero-order valence-corrected chi connectivity index (χ0v) is 11.3. The van der Waals surface area contributed by atoms with E-state index in [1.807, 2.05) is 18.3 Å². The van der Waals surface area contributed by atoms with E-state index in [1.54, 1.807) is 0 Å². The van der Waals surface area contributed by atoms with Gasteiger partial charge in [0.15, 0.2) is 0 Å². The Morgan fingerprint density at radius 1 is 1.41 bits per heavy atom. The molecule has 0 spiro atoms. The Bertz CT molecular complexity index is 537. The van der Waals surface area contributed by atoms with Gasteiger partial charge in [-0.15, -0.1) is 0 Å². The van der Waals surface area contributed by atoms with Crippen molar-refractivity contribution in [3.8, 4) is 0 Å². The van der Waals surface area contributed by atoms with Gasteiger partial charge in [0.1, 0.15) is 5.65 Å². The first-order valence-electron chi connectivity index (χ1n) is 5.80. The third-order valence-corrected chi connectivity index (χ3v) is 3.01. The van der Waals surface area contributed by atoms with Crippen LogP contribution in [0, 0.1) is 0 Å². The number of fused-ring (bicyclic) bond motifs is 1. The van der Waals surface area contributed by atoms with Gasteiger partial charge in [0.2, 0.25) is 0 Å². The van der Waals surface area contributed by atoms with Crippen molar-refractivity contribution in [1.82, 2.24) is 9.38 Å². The SMILES string of the molecule is CC(C)(C)c1nc2cc(Cl)ccn2c1CCN. The number of rotatable bonds is 2. The minimum absolute atomic E-state index is 0.0169. The Kier molecular flexibility index (Phi) is 3.15. The van der Waals surface area contributed by atoms with E-state index in [4.69, 9.17) is 17.3 Å². The summed E-state index contributed by atoms with van der Waals surface area (Å²) in [5.74, 6) is 0. The highest BCUT2D eigenvalue weighted by Gasteiger charge is 2.23. The molecule has 17 heavy (non-hydrogen) atoms. The maximum Gasteiger partial charge on any atom is 0.138 e. The summed E-state index contributed by atoms with van der Waals surface area (Å²) in [6, 6.07) is 3.76. The van der Waals surface area contributed by atoms with E-state index in [2.05, 4.69) is 30.2 Å². The number of nitrogens with zero attached hydrogens (tertiary/aromatic N) is 2. The van der Waals surface area contributed by atoms with Gasteiger partial charge in [0.25, 0.3) is 0 Å². The lowest BCUT2D eigenvalue weighted by Gasteiger charge is -2.17. The quantitative estimate of drug-likeness (QED) is 0.892. The molecule has 0 unspecified atom stereocenters. The van der Waals surface area contributed by atoms with Gasteiger partial charge >= 0.3 is 0 Å². The Hall–Kier alpha value is -1.06. The molecule has 0 aliphatic heterocycles. The lowest BCUT2D eigenvalue weighted by atomic mass is 9.90. The van der Waals surface area contributed by atoms with Gasteiger partial charge in [0.05, 0.1) is 5.69 Å². The maximum atomic E-state index is 5.99. The van der Waals surface area contributed by atoms with Crippen molar-refractivity contribution in [1.29, 1.82) is 0 Å². The molecular weight excluding hydrogens is 234 g/mol. The number of halogens is 1. The molecule has 2 aromatic rings. The van der Waals surface area contributed by atoms with Crippen LogP contribution in [0.1, 0.15) is 32.2 Å². The van der Waals surface area contributed by atoms with Crippen molar-refractivity contribution in [3.05, 3.63) is 34.7 Å². The molecule has 0 aromatic carbocycles. The number of pyridine rings is 1. The number of imidazole rings is 1. The lowest BCUT2D eigenvalue weighted by Crippen LogP contribution is -2.17. The van der Waals surface area contributed by atoms with Crippen LogP contribution in [0.5, 0.6) is 0 Å². The van der Waals surface area contributed by atoms with Crippen molar-refractivity contribution < 1.29 is 0 Å². The molecule has 0 amide bonds. The molecule has 0 radical (unpaired) electrons. The molecule has 2 heterocycles. The zero-order chi connectivity index (χ0) is 12.6. The van der Waals surface area contributed by atoms with Crippen molar-refractivity contribution in [2.24, 2.45) is 5.73 Å².